The lowest BCUT2D eigenvalue weighted by atomic mass is 10.2. The van der Waals surface area contributed by atoms with Crippen LogP contribution in [0.1, 0.15) is 19.2 Å². The molecule has 0 bridgehead atoms. The van der Waals surface area contributed by atoms with Crippen molar-refractivity contribution >= 4 is 16.9 Å². The second-order valence-electron chi connectivity index (χ2n) is 4.82. The molecule has 0 fully saturated rings. The summed E-state index contributed by atoms with van der Waals surface area (Å²) in [5, 5.41) is 0.566. The van der Waals surface area contributed by atoms with Gasteiger partial charge in [-0.25, -0.2) is 4.98 Å². The van der Waals surface area contributed by atoms with Gasteiger partial charge in [-0.15, -0.1) is 0 Å². The Kier molecular flexibility index (Phi) is 5.05. The first-order chi connectivity index (χ1) is 10.1. The van der Waals surface area contributed by atoms with Gasteiger partial charge in [-0.3, -0.25) is 14.5 Å². The Morgan fingerprint density at radius 1 is 1.38 bits per heavy atom. The van der Waals surface area contributed by atoms with E-state index in [1.165, 1.54) is 7.11 Å². The van der Waals surface area contributed by atoms with Crippen molar-refractivity contribution in [2.45, 2.75) is 19.9 Å². The summed E-state index contributed by atoms with van der Waals surface area (Å²) in [5.41, 5.74) is 0.496. The average molecular weight is 289 g/mol. The van der Waals surface area contributed by atoms with E-state index >= 15 is 0 Å². The smallest absolute Gasteiger partial charge is 0.319 e. The van der Waals surface area contributed by atoms with Crippen molar-refractivity contribution in [3.05, 3.63) is 40.4 Å². The summed E-state index contributed by atoms with van der Waals surface area (Å²) < 4.78 is 4.69. The highest BCUT2D eigenvalue weighted by Gasteiger charge is 2.13. The van der Waals surface area contributed by atoms with Crippen LogP contribution in [-0.2, 0) is 16.1 Å². The van der Waals surface area contributed by atoms with E-state index in [0.29, 0.717) is 23.3 Å². The predicted molar refractivity (Wildman–Crippen MR) is 79.9 cm³/mol. The highest BCUT2D eigenvalue weighted by Crippen LogP contribution is 2.07. The van der Waals surface area contributed by atoms with Crippen LogP contribution < -0.4 is 5.56 Å². The first-order valence-corrected chi connectivity index (χ1v) is 6.91. The zero-order valence-corrected chi connectivity index (χ0v) is 12.3. The van der Waals surface area contributed by atoms with E-state index in [1.807, 2.05) is 17.9 Å². The van der Waals surface area contributed by atoms with Gasteiger partial charge in [0.05, 0.1) is 31.1 Å². The lowest BCUT2D eigenvalue weighted by Gasteiger charge is -2.19. The summed E-state index contributed by atoms with van der Waals surface area (Å²) in [7, 11) is 1.36. The van der Waals surface area contributed by atoms with Crippen molar-refractivity contribution in [3.63, 3.8) is 0 Å². The number of esters is 1. The number of rotatable bonds is 6. The van der Waals surface area contributed by atoms with Crippen molar-refractivity contribution in [2.24, 2.45) is 0 Å². The summed E-state index contributed by atoms with van der Waals surface area (Å²) in [6, 6.07) is 7.19. The van der Waals surface area contributed by atoms with Gasteiger partial charge in [0.15, 0.2) is 0 Å². The second-order valence-corrected chi connectivity index (χ2v) is 4.82. The van der Waals surface area contributed by atoms with Crippen LogP contribution in [0.5, 0.6) is 0 Å². The molecule has 0 aliphatic carbocycles. The monoisotopic (exact) mass is 289 g/mol. The summed E-state index contributed by atoms with van der Waals surface area (Å²) in [5.74, 6) is 0.252. The number of aromatic amines is 1. The van der Waals surface area contributed by atoms with Crippen molar-refractivity contribution in [1.82, 2.24) is 14.9 Å². The molecule has 0 unspecified atom stereocenters. The molecule has 1 aromatic heterocycles. The van der Waals surface area contributed by atoms with Gasteiger partial charge >= 0.3 is 5.97 Å². The largest absolute Gasteiger partial charge is 0.468 e. The van der Waals surface area contributed by atoms with Gasteiger partial charge in [-0.2, -0.15) is 0 Å². The number of nitrogens with one attached hydrogen (secondary N) is 1. The minimum atomic E-state index is -0.299. The maximum absolute atomic E-state index is 12.0. The highest BCUT2D eigenvalue weighted by molar-refractivity contribution is 5.77. The van der Waals surface area contributed by atoms with E-state index in [-0.39, 0.29) is 18.1 Å². The lowest BCUT2D eigenvalue weighted by Crippen LogP contribution is -2.32. The Bertz CT molecular complexity index is 681. The fraction of sp³-hybridized carbons (Fsp3) is 0.400. The fourth-order valence-electron chi connectivity index (χ4n) is 2.20. The molecule has 2 aromatic rings. The molecule has 1 heterocycles. The Labute approximate surface area is 122 Å². The molecule has 2 rings (SSSR count). The SMILES string of the molecule is CCCN(CC(=O)OC)Cc1nc2ccccc2c(=O)[nH]1. The molecule has 21 heavy (non-hydrogen) atoms. The number of benzene rings is 1. The molecule has 0 amide bonds. The molecule has 1 N–H and O–H groups in total. The number of hydrogen-bond donors (Lipinski definition) is 1. The Morgan fingerprint density at radius 2 is 2.14 bits per heavy atom. The molecule has 6 heteroatoms. The standard InChI is InChI=1S/C15H19N3O3/c1-3-8-18(10-14(19)21-2)9-13-16-12-7-5-4-6-11(12)15(20)17-13/h4-7H,3,8-10H2,1-2H3,(H,16,17,20). The van der Waals surface area contributed by atoms with Gasteiger partial charge in [-0.05, 0) is 25.1 Å². The second kappa shape index (κ2) is 6.99. The van der Waals surface area contributed by atoms with Crippen LogP contribution in [-0.4, -0.2) is 41.0 Å². The third-order valence-corrected chi connectivity index (χ3v) is 3.16. The molecule has 0 aliphatic rings. The minimum Gasteiger partial charge on any atom is -0.468 e. The van der Waals surface area contributed by atoms with E-state index < -0.39 is 0 Å². The number of methoxy groups -OCH3 is 1. The van der Waals surface area contributed by atoms with Crippen molar-refractivity contribution in [3.8, 4) is 0 Å². The van der Waals surface area contributed by atoms with E-state index in [0.717, 1.165) is 13.0 Å². The van der Waals surface area contributed by atoms with Crippen LogP contribution in [0.3, 0.4) is 0 Å². The third-order valence-electron chi connectivity index (χ3n) is 3.16. The number of nitrogens with zero attached hydrogens (tertiary/aromatic N) is 2. The van der Waals surface area contributed by atoms with Crippen LogP contribution in [0.2, 0.25) is 0 Å². The normalized spacial score (nSPS) is 11.0. The zero-order valence-electron chi connectivity index (χ0n) is 12.3. The number of hydrogen-bond acceptors (Lipinski definition) is 5. The average Bonchev–Trinajstić information content (AvgIpc) is 2.47. The number of H-pyrrole nitrogens is 1. The predicted octanol–water partition coefficient (Wildman–Crippen LogP) is 1.31. The highest BCUT2D eigenvalue weighted by atomic mass is 16.5. The molecule has 0 spiro atoms. The van der Waals surface area contributed by atoms with Crippen LogP contribution in [0.25, 0.3) is 10.9 Å². The summed E-state index contributed by atoms with van der Waals surface area (Å²) in [4.78, 5) is 32.5. The first-order valence-electron chi connectivity index (χ1n) is 6.91. The molecule has 0 saturated carbocycles. The van der Waals surface area contributed by atoms with Crippen molar-refractivity contribution in [1.29, 1.82) is 0 Å². The van der Waals surface area contributed by atoms with Crippen LogP contribution in [0, 0.1) is 0 Å². The molecule has 112 valence electrons. The van der Waals surface area contributed by atoms with Crippen LogP contribution in [0.4, 0.5) is 0 Å². The van der Waals surface area contributed by atoms with Crippen molar-refractivity contribution < 1.29 is 9.53 Å². The first kappa shape index (κ1) is 15.2. The van der Waals surface area contributed by atoms with Crippen LogP contribution >= 0.6 is 0 Å². The Balaban J connectivity index is 2.24. The Morgan fingerprint density at radius 3 is 2.86 bits per heavy atom. The number of aromatic nitrogens is 2. The van der Waals surface area contributed by atoms with Crippen LogP contribution in [0.15, 0.2) is 29.1 Å². The topological polar surface area (TPSA) is 75.3 Å². The number of ether oxygens (including phenoxy) is 1. The van der Waals surface area contributed by atoms with Gasteiger partial charge in [0.25, 0.3) is 5.56 Å². The van der Waals surface area contributed by atoms with E-state index in [9.17, 15) is 9.59 Å². The van der Waals surface area contributed by atoms with Gasteiger partial charge in [-0.1, -0.05) is 19.1 Å². The van der Waals surface area contributed by atoms with Gasteiger partial charge in [0.2, 0.25) is 0 Å². The summed E-state index contributed by atoms with van der Waals surface area (Å²) >= 11 is 0. The Hall–Kier alpha value is -2.21. The molecule has 0 atom stereocenters. The van der Waals surface area contributed by atoms with E-state index in [1.54, 1.807) is 18.2 Å². The molecular formula is C15H19N3O3. The quantitative estimate of drug-likeness (QED) is 0.811. The summed E-state index contributed by atoms with van der Waals surface area (Å²) in [6.07, 6.45) is 0.898. The molecule has 6 nitrogen and oxygen atoms in total. The number of fused-ring (bicyclic) bond motifs is 1. The molecule has 1 aromatic carbocycles. The minimum absolute atomic E-state index is 0.162. The lowest BCUT2D eigenvalue weighted by molar-refractivity contribution is -0.142. The molecule has 0 aliphatic heterocycles. The number of carbonyl (C=O) groups is 1. The molecular weight excluding hydrogens is 270 g/mol. The maximum Gasteiger partial charge on any atom is 0.319 e. The third kappa shape index (κ3) is 3.88. The number of para-hydroxylation sites is 1. The molecule has 0 saturated heterocycles. The van der Waals surface area contributed by atoms with E-state index in [4.69, 9.17) is 0 Å². The van der Waals surface area contributed by atoms with Gasteiger partial charge in [0.1, 0.15) is 5.82 Å². The maximum atomic E-state index is 12.0. The summed E-state index contributed by atoms with van der Waals surface area (Å²) in [6.45, 7) is 3.34. The fourth-order valence-corrected chi connectivity index (χ4v) is 2.20. The zero-order chi connectivity index (χ0) is 15.2. The van der Waals surface area contributed by atoms with Crippen molar-refractivity contribution in [2.75, 3.05) is 20.2 Å². The number of carbonyl (C=O) groups excluding carboxylic acids is 1. The van der Waals surface area contributed by atoms with Gasteiger partial charge in [0, 0.05) is 0 Å². The van der Waals surface area contributed by atoms with E-state index in [2.05, 4.69) is 14.7 Å². The van der Waals surface area contributed by atoms with Gasteiger partial charge < -0.3 is 9.72 Å². The molecule has 0 radical (unpaired) electrons.